The lowest BCUT2D eigenvalue weighted by atomic mass is 10.1. The smallest absolute Gasteiger partial charge is 0.347 e. The number of nitro benzene ring substituents is 2. The van der Waals surface area contributed by atoms with Crippen molar-refractivity contribution in [3.63, 3.8) is 0 Å². The molecule has 0 saturated carbocycles. The normalized spacial score (nSPS) is 11.1. The summed E-state index contributed by atoms with van der Waals surface area (Å²) in [5, 5.41) is 23.9. The zero-order chi connectivity index (χ0) is 28.7. The Labute approximate surface area is 228 Å². The van der Waals surface area contributed by atoms with E-state index in [9.17, 15) is 33.2 Å². The number of hydrogen-bond donors (Lipinski definition) is 0. The van der Waals surface area contributed by atoms with E-state index in [4.69, 9.17) is 0 Å². The molecule has 39 heavy (non-hydrogen) atoms. The lowest BCUT2D eigenvalue weighted by Crippen LogP contribution is -2.30. The van der Waals surface area contributed by atoms with E-state index < -0.39 is 20.2 Å². The molecule has 1 aromatic heterocycles. The number of non-ortho nitro benzene ring substituents is 1. The molecule has 0 aliphatic heterocycles. The SMILES string of the molecule is CCCCCCCCCCCCOS(=O)(=O)[O-].O=[N+]([O-])c1ccc(-[n+]2ccc3ccccc3c2)c([N+](=O)[O-])c1. The minimum Gasteiger partial charge on any atom is -0.726 e. The van der Waals surface area contributed by atoms with Crippen LogP contribution in [0, 0.1) is 20.2 Å². The number of nitrogens with zero attached hydrogens (tertiary/aromatic N) is 3. The average Bonchev–Trinajstić information content (AvgIpc) is 2.90. The number of hydrogen-bond acceptors (Lipinski definition) is 8. The standard InChI is InChI=1S/C15H10N3O4.C12H26O4S/c19-17(20)13-5-6-14(15(9-13)18(21)22)16-8-7-11-3-1-2-4-12(11)10-16;1-2-3-4-5-6-7-8-9-10-11-12-16-17(13,14)15/h1-10H;2-12H2,1H3,(H,13,14,15)/q+1;/p-1. The van der Waals surface area contributed by atoms with Gasteiger partial charge in [-0.15, -0.1) is 0 Å². The van der Waals surface area contributed by atoms with Crippen LogP contribution in [-0.4, -0.2) is 29.4 Å². The first-order chi connectivity index (χ1) is 18.6. The third-order valence-electron chi connectivity index (χ3n) is 6.06. The number of aromatic nitrogens is 1. The van der Waals surface area contributed by atoms with Gasteiger partial charge >= 0.3 is 5.69 Å². The van der Waals surface area contributed by atoms with Crippen LogP contribution in [-0.2, 0) is 14.6 Å². The highest BCUT2D eigenvalue weighted by Gasteiger charge is 2.26. The van der Waals surface area contributed by atoms with E-state index in [0.29, 0.717) is 6.42 Å². The lowest BCUT2D eigenvalue weighted by Gasteiger charge is -2.06. The topological polar surface area (TPSA) is 157 Å². The second-order valence-electron chi connectivity index (χ2n) is 9.08. The zero-order valence-corrected chi connectivity index (χ0v) is 22.9. The summed E-state index contributed by atoms with van der Waals surface area (Å²) >= 11 is 0. The van der Waals surface area contributed by atoms with Crippen molar-refractivity contribution in [2.75, 3.05) is 6.61 Å². The molecule has 0 aliphatic rings. The number of pyridine rings is 1. The molecular weight excluding hydrogens is 526 g/mol. The van der Waals surface area contributed by atoms with Gasteiger partial charge in [0.1, 0.15) is 6.07 Å². The number of fused-ring (bicyclic) bond motifs is 1. The highest BCUT2D eigenvalue weighted by molar-refractivity contribution is 7.80. The van der Waals surface area contributed by atoms with Crippen molar-refractivity contribution in [2.24, 2.45) is 0 Å². The first-order valence-corrected chi connectivity index (χ1v) is 14.4. The fourth-order valence-electron chi connectivity index (χ4n) is 4.02. The van der Waals surface area contributed by atoms with Crippen LogP contribution in [0.1, 0.15) is 71.1 Å². The van der Waals surface area contributed by atoms with E-state index >= 15 is 0 Å². The first kappa shape index (κ1) is 31.7. The van der Waals surface area contributed by atoms with E-state index in [0.717, 1.165) is 29.7 Å². The van der Waals surface area contributed by atoms with Crippen molar-refractivity contribution in [2.45, 2.75) is 71.1 Å². The second kappa shape index (κ2) is 16.5. The van der Waals surface area contributed by atoms with Crippen molar-refractivity contribution in [3.05, 3.63) is 81.2 Å². The molecule has 212 valence electrons. The molecule has 0 radical (unpaired) electrons. The Bertz CT molecular complexity index is 1330. The van der Waals surface area contributed by atoms with E-state index in [1.807, 2.05) is 30.3 Å². The summed E-state index contributed by atoms with van der Waals surface area (Å²) < 4.78 is 36.0. The van der Waals surface area contributed by atoms with Gasteiger partial charge in [0.05, 0.1) is 16.5 Å². The number of nitro groups is 2. The predicted octanol–water partition coefficient (Wildman–Crippen LogP) is 6.32. The molecule has 0 fully saturated rings. The third kappa shape index (κ3) is 11.8. The van der Waals surface area contributed by atoms with E-state index in [-0.39, 0.29) is 23.7 Å². The Hall–Kier alpha value is -3.48. The van der Waals surface area contributed by atoms with Crippen molar-refractivity contribution >= 4 is 32.5 Å². The highest BCUT2D eigenvalue weighted by atomic mass is 32.3. The van der Waals surface area contributed by atoms with Crippen LogP contribution in [0.25, 0.3) is 16.5 Å². The summed E-state index contributed by atoms with van der Waals surface area (Å²) in [6.07, 6.45) is 15.1. The monoisotopic (exact) mass is 561 g/mol. The maximum atomic E-state index is 11.2. The van der Waals surface area contributed by atoms with E-state index in [2.05, 4.69) is 11.1 Å². The minimum absolute atomic E-state index is 0.0301. The Balaban J connectivity index is 0.000000285. The molecule has 2 aromatic carbocycles. The van der Waals surface area contributed by atoms with Crippen LogP contribution in [0.2, 0.25) is 0 Å². The lowest BCUT2D eigenvalue weighted by molar-refractivity contribution is -0.599. The van der Waals surface area contributed by atoms with Gasteiger partial charge in [0, 0.05) is 23.6 Å². The Morgan fingerprint density at radius 2 is 1.38 bits per heavy atom. The molecule has 3 rings (SSSR count). The third-order valence-corrected chi connectivity index (χ3v) is 6.51. The summed E-state index contributed by atoms with van der Waals surface area (Å²) in [7, 11) is -4.48. The minimum atomic E-state index is -4.48. The van der Waals surface area contributed by atoms with Crippen molar-refractivity contribution < 1.29 is 31.6 Å². The van der Waals surface area contributed by atoms with Crippen LogP contribution in [0.3, 0.4) is 0 Å². The summed E-state index contributed by atoms with van der Waals surface area (Å²) in [6.45, 7) is 2.24. The van der Waals surface area contributed by atoms with Crippen LogP contribution < -0.4 is 4.57 Å². The molecule has 0 spiro atoms. The maximum Gasteiger partial charge on any atom is 0.347 e. The Morgan fingerprint density at radius 3 is 1.95 bits per heavy atom. The van der Waals surface area contributed by atoms with Crippen LogP contribution in [0.5, 0.6) is 0 Å². The molecule has 1 heterocycles. The predicted molar refractivity (Wildman–Crippen MR) is 146 cm³/mol. The van der Waals surface area contributed by atoms with Gasteiger partial charge in [0.2, 0.25) is 10.4 Å². The summed E-state index contributed by atoms with van der Waals surface area (Å²) in [6, 6.07) is 13.0. The fourth-order valence-corrected chi connectivity index (χ4v) is 4.35. The largest absolute Gasteiger partial charge is 0.726 e. The first-order valence-electron chi connectivity index (χ1n) is 13.1. The van der Waals surface area contributed by atoms with Crippen LogP contribution in [0.15, 0.2) is 60.9 Å². The Morgan fingerprint density at radius 1 is 0.795 bits per heavy atom. The van der Waals surface area contributed by atoms with Gasteiger partial charge in [-0.25, -0.2) is 8.42 Å². The van der Waals surface area contributed by atoms with E-state index in [1.54, 1.807) is 17.0 Å². The van der Waals surface area contributed by atoms with Gasteiger partial charge in [-0.1, -0.05) is 82.9 Å². The molecule has 0 saturated heterocycles. The van der Waals surface area contributed by atoms with Gasteiger partial charge in [-0.3, -0.25) is 24.4 Å². The molecule has 0 aliphatic carbocycles. The van der Waals surface area contributed by atoms with E-state index in [1.165, 1.54) is 57.1 Å². The maximum absolute atomic E-state index is 11.2. The Kier molecular flexibility index (Phi) is 13.4. The molecule has 0 amide bonds. The van der Waals surface area contributed by atoms with Gasteiger partial charge in [-0.05, 0) is 17.9 Å². The molecule has 0 N–H and O–H groups in total. The molecule has 0 unspecified atom stereocenters. The number of rotatable bonds is 15. The van der Waals surface area contributed by atoms with Crippen molar-refractivity contribution in [1.29, 1.82) is 0 Å². The highest BCUT2D eigenvalue weighted by Crippen LogP contribution is 2.25. The summed E-state index contributed by atoms with van der Waals surface area (Å²) in [5.74, 6) is 0. The van der Waals surface area contributed by atoms with Crippen molar-refractivity contribution in [1.82, 2.24) is 0 Å². The molecule has 0 bridgehead atoms. The van der Waals surface area contributed by atoms with Gasteiger partial charge in [0.15, 0.2) is 12.4 Å². The zero-order valence-electron chi connectivity index (χ0n) is 22.1. The van der Waals surface area contributed by atoms with Gasteiger partial charge < -0.3 is 4.55 Å². The number of benzene rings is 2. The summed E-state index contributed by atoms with van der Waals surface area (Å²) in [5.41, 5.74) is -0.340. The fraction of sp³-hybridized carbons (Fsp3) is 0.444. The number of unbranched alkanes of at least 4 members (excludes halogenated alkanes) is 9. The quantitative estimate of drug-likeness (QED) is 0.0521. The second-order valence-corrected chi connectivity index (χ2v) is 10.1. The molecule has 12 heteroatoms. The molecule has 0 atom stereocenters. The van der Waals surface area contributed by atoms with Gasteiger partial charge in [-0.2, -0.15) is 4.57 Å². The average molecular weight is 562 g/mol. The van der Waals surface area contributed by atoms with Gasteiger partial charge in [0.25, 0.3) is 11.4 Å². The molecular formula is C27H35N3O8S. The molecule has 11 nitrogen and oxygen atoms in total. The summed E-state index contributed by atoms with van der Waals surface area (Å²) in [4.78, 5) is 20.7. The molecule has 3 aromatic rings. The van der Waals surface area contributed by atoms with Crippen molar-refractivity contribution in [3.8, 4) is 5.69 Å². The van der Waals surface area contributed by atoms with Crippen LogP contribution >= 0.6 is 0 Å². The van der Waals surface area contributed by atoms with Crippen LogP contribution in [0.4, 0.5) is 11.4 Å².